The molecule has 34 heavy (non-hydrogen) atoms. The molecule has 4 rings (SSSR count). The van der Waals surface area contributed by atoms with Crippen molar-refractivity contribution in [3.8, 4) is 0 Å². The molecule has 0 aliphatic carbocycles. The van der Waals surface area contributed by atoms with Crippen LogP contribution in [0.3, 0.4) is 0 Å². The van der Waals surface area contributed by atoms with Crippen molar-refractivity contribution in [3.05, 3.63) is 34.9 Å². The molecule has 0 spiro atoms. The minimum absolute atomic E-state index is 0.0120. The molecule has 5 amide bonds. The molecule has 0 radical (unpaired) electrons. The fourth-order valence-electron chi connectivity index (χ4n) is 4.86. The number of benzene rings is 1. The van der Waals surface area contributed by atoms with Crippen molar-refractivity contribution in [2.45, 2.75) is 51.7 Å². The van der Waals surface area contributed by atoms with Gasteiger partial charge in [-0.3, -0.25) is 39.1 Å². The zero-order valence-corrected chi connectivity index (χ0v) is 19.6. The van der Waals surface area contributed by atoms with Crippen molar-refractivity contribution >= 4 is 29.5 Å². The maximum atomic E-state index is 13.1. The Morgan fingerprint density at radius 2 is 1.82 bits per heavy atom. The van der Waals surface area contributed by atoms with Gasteiger partial charge in [0.25, 0.3) is 11.8 Å². The van der Waals surface area contributed by atoms with E-state index in [-0.39, 0.29) is 35.9 Å². The van der Waals surface area contributed by atoms with E-state index in [1.807, 2.05) is 24.8 Å². The van der Waals surface area contributed by atoms with Crippen LogP contribution in [0.2, 0.25) is 0 Å². The molecule has 0 saturated carbocycles. The lowest BCUT2D eigenvalue weighted by Crippen LogP contribution is -2.54. The average Bonchev–Trinajstić information content (AvgIpc) is 3.07. The van der Waals surface area contributed by atoms with Crippen LogP contribution >= 0.6 is 0 Å². The highest BCUT2D eigenvalue weighted by atomic mass is 16.2. The Morgan fingerprint density at radius 3 is 2.50 bits per heavy atom. The minimum atomic E-state index is -0.975. The molecule has 2 unspecified atom stereocenters. The van der Waals surface area contributed by atoms with E-state index in [2.05, 4.69) is 15.5 Å². The number of nitrogens with one attached hydrogen (secondary N) is 2. The first kappa shape index (κ1) is 24.0. The lowest BCUT2D eigenvalue weighted by Gasteiger charge is -2.32. The summed E-state index contributed by atoms with van der Waals surface area (Å²) in [4.78, 5) is 67.4. The number of piperazine rings is 1. The first-order valence-electron chi connectivity index (χ1n) is 11.9. The largest absolute Gasteiger partial charge is 0.340 e. The van der Waals surface area contributed by atoms with Gasteiger partial charge < -0.3 is 10.2 Å². The standard InChI is InChI=1S/C24H31N5O5/c1-3-27(15(2)12-21(31)28-10-8-25-9-11-28)14-16-4-5-17-18(13-16)24(34)29(23(17)33)19-6-7-20(30)26-22(19)32/h4-5,13,15,19,25H,3,6-12,14H2,1-2H3,(H,26,30,32). The summed E-state index contributed by atoms with van der Waals surface area (Å²) in [5.41, 5.74) is 1.39. The summed E-state index contributed by atoms with van der Waals surface area (Å²) in [7, 11) is 0. The van der Waals surface area contributed by atoms with Crippen molar-refractivity contribution in [1.82, 2.24) is 25.3 Å². The molecule has 10 heteroatoms. The Hall–Kier alpha value is -3.11. The van der Waals surface area contributed by atoms with Gasteiger partial charge in [-0.15, -0.1) is 0 Å². The topological polar surface area (TPSA) is 119 Å². The van der Waals surface area contributed by atoms with Crippen LogP contribution < -0.4 is 10.6 Å². The zero-order valence-electron chi connectivity index (χ0n) is 19.6. The van der Waals surface area contributed by atoms with Gasteiger partial charge in [-0.2, -0.15) is 0 Å². The van der Waals surface area contributed by atoms with Crippen LogP contribution in [0.4, 0.5) is 0 Å². The molecule has 182 valence electrons. The van der Waals surface area contributed by atoms with Crippen molar-refractivity contribution in [2.75, 3.05) is 32.7 Å². The Kier molecular flexibility index (Phi) is 7.08. The number of piperidine rings is 1. The van der Waals surface area contributed by atoms with Gasteiger partial charge in [-0.05, 0) is 37.6 Å². The van der Waals surface area contributed by atoms with Crippen molar-refractivity contribution < 1.29 is 24.0 Å². The maximum Gasteiger partial charge on any atom is 0.262 e. The molecule has 2 saturated heterocycles. The lowest BCUT2D eigenvalue weighted by molar-refractivity contribution is -0.136. The Balaban J connectivity index is 1.44. The predicted molar refractivity (Wildman–Crippen MR) is 123 cm³/mol. The summed E-state index contributed by atoms with van der Waals surface area (Å²) in [6, 6.07) is 4.18. The van der Waals surface area contributed by atoms with Gasteiger partial charge in [0.2, 0.25) is 17.7 Å². The lowest BCUT2D eigenvalue weighted by atomic mass is 10.0. The molecule has 0 bridgehead atoms. The van der Waals surface area contributed by atoms with E-state index in [0.29, 0.717) is 13.0 Å². The highest BCUT2D eigenvalue weighted by Crippen LogP contribution is 2.29. The monoisotopic (exact) mass is 469 g/mol. The molecule has 10 nitrogen and oxygen atoms in total. The molecule has 2 atom stereocenters. The third-order valence-corrected chi connectivity index (χ3v) is 6.86. The fraction of sp³-hybridized carbons (Fsp3) is 0.542. The Labute approximate surface area is 198 Å². The van der Waals surface area contributed by atoms with E-state index >= 15 is 0 Å². The smallest absolute Gasteiger partial charge is 0.262 e. The van der Waals surface area contributed by atoms with Gasteiger partial charge in [-0.25, -0.2) is 0 Å². The molecule has 1 aromatic rings. The molecule has 3 aliphatic rings. The molecule has 0 aromatic heterocycles. The third-order valence-electron chi connectivity index (χ3n) is 6.86. The summed E-state index contributed by atoms with van der Waals surface area (Å²) < 4.78 is 0. The van der Waals surface area contributed by atoms with Crippen LogP contribution in [0, 0.1) is 0 Å². The van der Waals surface area contributed by atoms with Crippen LogP contribution in [0.25, 0.3) is 0 Å². The van der Waals surface area contributed by atoms with Gasteiger partial charge in [0, 0.05) is 51.6 Å². The minimum Gasteiger partial charge on any atom is -0.340 e. The second-order valence-electron chi connectivity index (χ2n) is 9.07. The number of carbonyl (C=O) groups is 5. The van der Waals surface area contributed by atoms with Crippen LogP contribution in [0.15, 0.2) is 18.2 Å². The zero-order chi connectivity index (χ0) is 24.4. The summed E-state index contributed by atoms with van der Waals surface area (Å²) >= 11 is 0. The second-order valence-corrected chi connectivity index (χ2v) is 9.07. The van der Waals surface area contributed by atoms with Crippen molar-refractivity contribution in [3.63, 3.8) is 0 Å². The van der Waals surface area contributed by atoms with Gasteiger partial charge in [-0.1, -0.05) is 13.0 Å². The van der Waals surface area contributed by atoms with E-state index in [4.69, 9.17) is 0 Å². The van der Waals surface area contributed by atoms with Gasteiger partial charge in [0.1, 0.15) is 6.04 Å². The average molecular weight is 470 g/mol. The van der Waals surface area contributed by atoms with Crippen LogP contribution in [-0.4, -0.2) is 89.0 Å². The number of carbonyl (C=O) groups excluding carboxylic acids is 5. The Bertz CT molecular complexity index is 1020. The summed E-state index contributed by atoms with van der Waals surface area (Å²) in [5, 5.41) is 5.45. The number of hydrogen-bond acceptors (Lipinski definition) is 7. The van der Waals surface area contributed by atoms with Crippen LogP contribution in [0.5, 0.6) is 0 Å². The first-order chi connectivity index (χ1) is 16.3. The molecule has 2 N–H and O–H groups in total. The van der Waals surface area contributed by atoms with E-state index < -0.39 is 29.7 Å². The fourth-order valence-corrected chi connectivity index (χ4v) is 4.86. The summed E-state index contributed by atoms with van der Waals surface area (Å²) in [5.74, 6) is -1.90. The molecule has 2 fully saturated rings. The first-order valence-corrected chi connectivity index (χ1v) is 11.9. The molecule has 3 heterocycles. The number of amides is 5. The molecular formula is C24H31N5O5. The van der Waals surface area contributed by atoms with Crippen LogP contribution in [-0.2, 0) is 20.9 Å². The molecular weight excluding hydrogens is 438 g/mol. The van der Waals surface area contributed by atoms with Gasteiger partial charge in [0.15, 0.2) is 0 Å². The molecule has 1 aromatic carbocycles. The van der Waals surface area contributed by atoms with Crippen LogP contribution in [0.1, 0.15) is 59.4 Å². The third kappa shape index (κ3) is 4.74. The highest BCUT2D eigenvalue weighted by Gasteiger charge is 2.44. The number of rotatable bonds is 7. The summed E-state index contributed by atoms with van der Waals surface area (Å²) in [6.45, 7) is 8.38. The normalized spacial score (nSPS) is 21.7. The van der Waals surface area contributed by atoms with E-state index in [0.717, 1.165) is 43.2 Å². The number of fused-ring (bicyclic) bond motifs is 1. The van der Waals surface area contributed by atoms with Crippen molar-refractivity contribution in [1.29, 1.82) is 0 Å². The number of hydrogen-bond donors (Lipinski definition) is 2. The maximum absolute atomic E-state index is 13.1. The van der Waals surface area contributed by atoms with Crippen molar-refractivity contribution in [2.24, 2.45) is 0 Å². The van der Waals surface area contributed by atoms with E-state index in [1.54, 1.807) is 12.1 Å². The number of nitrogens with zero attached hydrogens (tertiary/aromatic N) is 3. The summed E-state index contributed by atoms with van der Waals surface area (Å²) in [6.07, 6.45) is 0.635. The van der Waals surface area contributed by atoms with Gasteiger partial charge >= 0.3 is 0 Å². The predicted octanol–water partition coefficient (Wildman–Crippen LogP) is 0.120. The van der Waals surface area contributed by atoms with E-state index in [9.17, 15) is 24.0 Å². The number of imide groups is 2. The highest BCUT2D eigenvalue weighted by molar-refractivity contribution is 6.23. The van der Waals surface area contributed by atoms with E-state index in [1.165, 1.54) is 0 Å². The second kappa shape index (κ2) is 10.0. The van der Waals surface area contributed by atoms with Gasteiger partial charge in [0.05, 0.1) is 11.1 Å². The molecule has 3 aliphatic heterocycles. The quantitative estimate of drug-likeness (QED) is 0.545. The SMILES string of the molecule is CCN(Cc1ccc2c(c1)C(=O)N(C1CCC(=O)NC1=O)C2=O)C(C)CC(=O)N1CCNCC1. The Morgan fingerprint density at radius 1 is 1.12 bits per heavy atom.